The minimum absolute atomic E-state index is 0.123. The summed E-state index contributed by atoms with van der Waals surface area (Å²) in [6, 6.07) is 0. The van der Waals surface area contributed by atoms with Gasteiger partial charge in [-0.25, -0.2) is 13.6 Å². The van der Waals surface area contributed by atoms with Crippen LogP contribution in [0.2, 0.25) is 0 Å². The third-order valence-corrected chi connectivity index (χ3v) is 7.08. The van der Waals surface area contributed by atoms with Crippen LogP contribution in [0.4, 0.5) is 30.7 Å². The predicted octanol–water partition coefficient (Wildman–Crippen LogP) is 3.86. The van der Waals surface area contributed by atoms with E-state index in [2.05, 4.69) is 4.74 Å². The molecule has 0 radical (unpaired) electrons. The van der Waals surface area contributed by atoms with Gasteiger partial charge in [-0.1, -0.05) is 0 Å². The highest BCUT2D eigenvalue weighted by molar-refractivity contribution is 5.78. The van der Waals surface area contributed by atoms with Gasteiger partial charge in [-0.3, -0.25) is 4.79 Å². The van der Waals surface area contributed by atoms with Crippen LogP contribution in [-0.4, -0.2) is 61.7 Å². The molecule has 13 heteroatoms. The summed E-state index contributed by atoms with van der Waals surface area (Å²) in [5.41, 5.74) is -0.945. The summed E-state index contributed by atoms with van der Waals surface area (Å²) in [5.74, 6) is -13.9. The molecule has 0 aromatic rings. The molecule has 4 aliphatic carbocycles. The smallest absolute Gasteiger partial charge is 0.459 e. The van der Waals surface area contributed by atoms with Crippen molar-refractivity contribution in [1.29, 1.82) is 0 Å². The van der Waals surface area contributed by atoms with Crippen molar-refractivity contribution in [3.63, 3.8) is 0 Å². The molecule has 1 spiro atoms. The van der Waals surface area contributed by atoms with E-state index in [-0.39, 0.29) is 37.2 Å². The van der Waals surface area contributed by atoms with E-state index >= 15 is 0 Å². The second kappa shape index (κ2) is 7.69. The van der Waals surface area contributed by atoms with E-state index in [9.17, 15) is 40.3 Å². The molecule has 188 valence electrons. The van der Waals surface area contributed by atoms with Crippen molar-refractivity contribution in [2.75, 3.05) is 19.8 Å². The Morgan fingerprint density at radius 3 is 2.12 bits per heavy atom. The number of hydrogen-bond acceptors (Lipinski definition) is 6. The van der Waals surface area contributed by atoms with Crippen molar-refractivity contribution >= 4 is 11.9 Å². The monoisotopic (exact) mass is 492 g/mol. The summed E-state index contributed by atoms with van der Waals surface area (Å²) in [6.07, 6.45) is -4.89. The van der Waals surface area contributed by atoms with Crippen LogP contribution in [0.5, 0.6) is 0 Å². The molecule has 0 N–H and O–H groups in total. The quantitative estimate of drug-likeness (QED) is 0.414. The zero-order valence-electron chi connectivity index (χ0n) is 17.6. The maximum absolute atomic E-state index is 13.1. The Bertz CT molecular complexity index is 792. The number of carbonyl (C=O) groups excluding carboxylic acids is 2. The van der Waals surface area contributed by atoms with E-state index in [0.29, 0.717) is 26.2 Å². The van der Waals surface area contributed by atoms with E-state index in [1.54, 1.807) is 0 Å². The average molecular weight is 492 g/mol. The number of halogens is 7. The molecule has 4 bridgehead atoms. The zero-order chi connectivity index (χ0) is 24.4. The van der Waals surface area contributed by atoms with Crippen molar-refractivity contribution < 1.29 is 59.3 Å². The first kappa shape index (κ1) is 24.5. The van der Waals surface area contributed by atoms with Crippen LogP contribution in [0.1, 0.15) is 39.0 Å². The fraction of sp³-hybridized carbons (Fsp3) is 0.900. The number of rotatable bonds is 6. The average Bonchev–Trinajstić information content (AvgIpc) is 3.11. The number of ether oxygens (including phenoxy) is 4. The molecule has 0 aromatic heterocycles. The van der Waals surface area contributed by atoms with Crippen LogP contribution in [0.25, 0.3) is 0 Å². The standard InChI is InChI=1S/C20H23F7O6/c1-16(21,22)9-31-14(28)17-4-10-2-11(5-17)18(12(3-10)6-17)32-8-13(33-18)7-30-15(29)19(23,24)20(25,26)27/h10-13H,2-9H2,1H3. The van der Waals surface area contributed by atoms with Gasteiger partial charge in [0.15, 0.2) is 12.4 Å². The molecule has 5 rings (SSSR count). The maximum atomic E-state index is 13.1. The summed E-state index contributed by atoms with van der Waals surface area (Å²) in [7, 11) is 0. The number of carbonyl (C=O) groups is 2. The van der Waals surface area contributed by atoms with Gasteiger partial charge in [0.05, 0.1) is 12.0 Å². The molecule has 0 aromatic carbocycles. The summed E-state index contributed by atoms with van der Waals surface area (Å²) in [4.78, 5) is 23.9. The zero-order valence-corrected chi connectivity index (χ0v) is 17.6. The summed E-state index contributed by atoms with van der Waals surface area (Å²) >= 11 is 0. The third-order valence-electron chi connectivity index (χ3n) is 7.08. The first-order valence-electron chi connectivity index (χ1n) is 10.6. The van der Waals surface area contributed by atoms with E-state index in [4.69, 9.17) is 14.2 Å². The Morgan fingerprint density at radius 1 is 0.970 bits per heavy atom. The SMILES string of the molecule is CC(F)(F)COC(=O)C12CC3CC(C1)C1(OCC(COC(=O)C(F)(F)C(F)(F)F)O1)C(C3)C2. The Kier molecular flexibility index (Phi) is 5.71. The van der Waals surface area contributed by atoms with Crippen molar-refractivity contribution in [3.05, 3.63) is 0 Å². The topological polar surface area (TPSA) is 71.1 Å². The second-order valence-electron chi connectivity index (χ2n) is 9.71. The van der Waals surface area contributed by atoms with E-state index in [1.165, 1.54) is 0 Å². The van der Waals surface area contributed by atoms with Crippen LogP contribution in [0.3, 0.4) is 0 Å². The van der Waals surface area contributed by atoms with Crippen LogP contribution in [0.15, 0.2) is 0 Å². The lowest BCUT2D eigenvalue weighted by Crippen LogP contribution is -2.63. The highest BCUT2D eigenvalue weighted by atomic mass is 19.4. The fourth-order valence-corrected chi connectivity index (χ4v) is 5.96. The van der Waals surface area contributed by atoms with Gasteiger partial charge in [-0.2, -0.15) is 22.0 Å². The summed E-state index contributed by atoms with van der Waals surface area (Å²) in [5, 5.41) is 0. The molecule has 1 saturated heterocycles. The summed E-state index contributed by atoms with van der Waals surface area (Å²) in [6.45, 7) is -1.43. The van der Waals surface area contributed by atoms with E-state index in [0.717, 1.165) is 0 Å². The molecule has 1 heterocycles. The van der Waals surface area contributed by atoms with E-state index in [1.807, 2.05) is 0 Å². The van der Waals surface area contributed by atoms with Crippen molar-refractivity contribution in [3.8, 4) is 0 Å². The molecular formula is C20H23F7O6. The third kappa shape index (κ3) is 4.19. The van der Waals surface area contributed by atoms with Gasteiger partial charge in [0.2, 0.25) is 0 Å². The van der Waals surface area contributed by atoms with E-state index < -0.39 is 60.5 Å². The lowest BCUT2D eigenvalue weighted by molar-refractivity contribution is -0.309. The van der Waals surface area contributed by atoms with Crippen LogP contribution < -0.4 is 0 Å². The van der Waals surface area contributed by atoms with Crippen molar-refractivity contribution in [2.45, 2.75) is 68.9 Å². The molecule has 33 heavy (non-hydrogen) atoms. The molecule has 1 aliphatic heterocycles. The van der Waals surface area contributed by atoms with Crippen LogP contribution in [0, 0.1) is 23.2 Å². The highest BCUT2D eigenvalue weighted by Crippen LogP contribution is 2.66. The van der Waals surface area contributed by atoms with Gasteiger partial charge in [0.25, 0.3) is 5.92 Å². The van der Waals surface area contributed by atoms with Gasteiger partial charge < -0.3 is 18.9 Å². The fourth-order valence-electron chi connectivity index (χ4n) is 5.96. The Morgan fingerprint density at radius 2 is 1.58 bits per heavy atom. The number of esters is 2. The first-order chi connectivity index (χ1) is 15.1. The molecule has 4 saturated carbocycles. The lowest BCUT2D eigenvalue weighted by atomic mass is 9.47. The molecule has 5 fully saturated rings. The Hall–Kier alpha value is -1.63. The largest absolute Gasteiger partial charge is 0.465 e. The molecule has 0 amide bonds. The highest BCUT2D eigenvalue weighted by Gasteiger charge is 2.69. The first-order valence-corrected chi connectivity index (χ1v) is 10.6. The molecule has 6 nitrogen and oxygen atoms in total. The number of alkyl halides is 7. The normalized spacial score (nSPS) is 38.1. The minimum Gasteiger partial charge on any atom is -0.459 e. The number of hydrogen-bond donors (Lipinski definition) is 0. The molecule has 3 unspecified atom stereocenters. The molecule has 5 aliphatic rings. The Labute approximate surface area is 184 Å². The molecular weight excluding hydrogens is 469 g/mol. The van der Waals surface area contributed by atoms with Crippen molar-refractivity contribution in [1.82, 2.24) is 0 Å². The van der Waals surface area contributed by atoms with Gasteiger partial charge in [0.1, 0.15) is 12.7 Å². The summed E-state index contributed by atoms with van der Waals surface area (Å²) < 4.78 is 110. The van der Waals surface area contributed by atoms with Gasteiger partial charge in [-0.15, -0.1) is 0 Å². The minimum atomic E-state index is -6.08. The van der Waals surface area contributed by atoms with Gasteiger partial charge >= 0.3 is 24.0 Å². The Balaban J connectivity index is 1.40. The van der Waals surface area contributed by atoms with Crippen LogP contribution in [-0.2, 0) is 28.5 Å². The van der Waals surface area contributed by atoms with Gasteiger partial charge in [-0.05, 0) is 38.0 Å². The van der Waals surface area contributed by atoms with Gasteiger partial charge in [0, 0.05) is 18.8 Å². The lowest BCUT2D eigenvalue weighted by Gasteiger charge is -2.61. The van der Waals surface area contributed by atoms with Crippen molar-refractivity contribution in [2.24, 2.45) is 23.2 Å². The maximum Gasteiger partial charge on any atom is 0.465 e. The predicted molar refractivity (Wildman–Crippen MR) is 93.1 cm³/mol. The van der Waals surface area contributed by atoms with Crippen LogP contribution >= 0.6 is 0 Å². The second-order valence-corrected chi connectivity index (χ2v) is 9.71. The molecule has 3 atom stereocenters.